The smallest absolute Gasteiger partial charge is 0.0589 e. The molecule has 0 aliphatic rings. The minimum Gasteiger partial charge on any atom is -0.383 e. The minimum atomic E-state index is 0.175. The molecule has 0 radical (unpaired) electrons. The predicted molar refractivity (Wildman–Crippen MR) is 72.2 cm³/mol. The molecule has 0 fully saturated rings. The molecule has 104 valence electrons. The zero-order valence-corrected chi connectivity index (χ0v) is 12.2. The first-order chi connectivity index (χ1) is 7.91. The molecule has 0 spiro atoms. The van der Waals surface area contributed by atoms with Crippen molar-refractivity contribution in [1.82, 2.24) is 4.90 Å². The van der Waals surface area contributed by atoms with Gasteiger partial charge < -0.3 is 15.2 Å². The van der Waals surface area contributed by atoms with Crippen molar-refractivity contribution in [3.8, 4) is 0 Å². The van der Waals surface area contributed by atoms with Gasteiger partial charge in [-0.2, -0.15) is 0 Å². The van der Waals surface area contributed by atoms with Gasteiger partial charge in [0.1, 0.15) is 0 Å². The number of ether oxygens (including phenoxy) is 2. The monoisotopic (exact) mass is 246 g/mol. The van der Waals surface area contributed by atoms with E-state index in [0.717, 1.165) is 39.3 Å². The van der Waals surface area contributed by atoms with Crippen LogP contribution in [0.25, 0.3) is 0 Å². The van der Waals surface area contributed by atoms with E-state index in [4.69, 9.17) is 15.2 Å². The molecule has 17 heavy (non-hydrogen) atoms. The maximum Gasteiger partial charge on any atom is 0.0589 e. The lowest BCUT2D eigenvalue weighted by Gasteiger charge is -2.30. The first-order valence-electron chi connectivity index (χ1n) is 6.37. The number of rotatable bonds is 9. The third kappa shape index (κ3) is 8.55. The molecule has 4 nitrogen and oxygen atoms in total. The van der Waals surface area contributed by atoms with Crippen LogP contribution in [0.3, 0.4) is 0 Å². The fourth-order valence-electron chi connectivity index (χ4n) is 1.53. The Kier molecular flexibility index (Phi) is 8.78. The standard InChI is InChI=1S/C13H30N2O2/c1-13(2,3)12(14)6-7-15(8-10-16-4)9-11-17-5/h12H,6-11,14H2,1-5H3. The second-order valence-corrected chi connectivity index (χ2v) is 5.59. The van der Waals surface area contributed by atoms with E-state index in [1.807, 2.05) is 0 Å². The van der Waals surface area contributed by atoms with E-state index in [-0.39, 0.29) is 11.5 Å². The molecule has 0 aromatic rings. The van der Waals surface area contributed by atoms with Crippen molar-refractivity contribution in [3.63, 3.8) is 0 Å². The van der Waals surface area contributed by atoms with Gasteiger partial charge in [-0.25, -0.2) is 0 Å². The molecule has 0 bridgehead atoms. The summed E-state index contributed by atoms with van der Waals surface area (Å²) < 4.78 is 10.2. The van der Waals surface area contributed by atoms with Crippen LogP contribution < -0.4 is 5.73 Å². The van der Waals surface area contributed by atoms with E-state index >= 15 is 0 Å². The van der Waals surface area contributed by atoms with Crippen LogP contribution in [0, 0.1) is 5.41 Å². The molecule has 0 rings (SSSR count). The van der Waals surface area contributed by atoms with Gasteiger partial charge >= 0.3 is 0 Å². The summed E-state index contributed by atoms with van der Waals surface area (Å²) in [6, 6.07) is 0.232. The number of hydrogen-bond donors (Lipinski definition) is 1. The normalized spacial score (nSPS) is 14.3. The van der Waals surface area contributed by atoms with Crippen LogP contribution in [0.2, 0.25) is 0 Å². The number of hydrogen-bond acceptors (Lipinski definition) is 4. The Morgan fingerprint density at radius 2 is 1.47 bits per heavy atom. The second-order valence-electron chi connectivity index (χ2n) is 5.59. The van der Waals surface area contributed by atoms with Crippen molar-refractivity contribution in [2.75, 3.05) is 47.1 Å². The van der Waals surface area contributed by atoms with Crippen molar-refractivity contribution in [2.24, 2.45) is 11.1 Å². The fourth-order valence-corrected chi connectivity index (χ4v) is 1.53. The Morgan fingerprint density at radius 1 is 1.00 bits per heavy atom. The molecular formula is C13H30N2O2. The Morgan fingerprint density at radius 3 is 1.82 bits per heavy atom. The molecule has 0 heterocycles. The first kappa shape index (κ1) is 16.8. The topological polar surface area (TPSA) is 47.7 Å². The molecule has 0 amide bonds. The van der Waals surface area contributed by atoms with Gasteiger partial charge in [0, 0.05) is 33.4 Å². The highest BCUT2D eigenvalue weighted by Crippen LogP contribution is 2.19. The Labute approximate surface area is 106 Å². The van der Waals surface area contributed by atoms with Gasteiger partial charge in [0.25, 0.3) is 0 Å². The lowest BCUT2D eigenvalue weighted by atomic mass is 9.85. The summed E-state index contributed by atoms with van der Waals surface area (Å²) in [5.41, 5.74) is 6.34. The van der Waals surface area contributed by atoms with Gasteiger partial charge in [0.15, 0.2) is 0 Å². The predicted octanol–water partition coefficient (Wildman–Crippen LogP) is 1.34. The largest absolute Gasteiger partial charge is 0.383 e. The third-order valence-electron chi connectivity index (χ3n) is 3.09. The summed E-state index contributed by atoms with van der Waals surface area (Å²) in [5.74, 6) is 0. The maximum atomic E-state index is 6.17. The van der Waals surface area contributed by atoms with Crippen LogP contribution in [0.15, 0.2) is 0 Å². The number of nitrogens with two attached hydrogens (primary N) is 1. The summed E-state index contributed by atoms with van der Waals surface area (Å²) in [7, 11) is 3.46. The number of methoxy groups -OCH3 is 2. The van der Waals surface area contributed by atoms with E-state index < -0.39 is 0 Å². The molecule has 0 saturated heterocycles. The van der Waals surface area contributed by atoms with Crippen molar-refractivity contribution < 1.29 is 9.47 Å². The lowest BCUT2D eigenvalue weighted by molar-refractivity contribution is 0.109. The van der Waals surface area contributed by atoms with E-state index in [2.05, 4.69) is 25.7 Å². The molecule has 0 aliphatic heterocycles. The third-order valence-corrected chi connectivity index (χ3v) is 3.09. The second kappa shape index (κ2) is 8.86. The SMILES string of the molecule is COCCN(CCOC)CCC(N)C(C)(C)C. The molecular weight excluding hydrogens is 216 g/mol. The van der Waals surface area contributed by atoms with Crippen LogP contribution in [0.1, 0.15) is 27.2 Å². The molecule has 0 saturated carbocycles. The van der Waals surface area contributed by atoms with Gasteiger partial charge in [-0.3, -0.25) is 4.90 Å². The van der Waals surface area contributed by atoms with Gasteiger partial charge in [-0.1, -0.05) is 20.8 Å². The van der Waals surface area contributed by atoms with Crippen LogP contribution >= 0.6 is 0 Å². The molecule has 2 N–H and O–H groups in total. The Hall–Kier alpha value is -0.160. The summed E-state index contributed by atoms with van der Waals surface area (Å²) in [4.78, 5) is 2.35. The van der Waals surface area contributed by atoms with E-state index in [0.29, 0.717) is 0 Å². The Balaban J connectivity index is 3.96. The van der Waals surface area contributed by atoms with Crippen molar-refractivity contribution >= 4 is 0 Å². The van der Waals surface area contributed by atoms with Crippen molar-refractivity contribution in [3.05, 3.63) is 0 Å². The van der Waals surface area contributed by atoms with Gasteiger partial charge in [0.2, 0.25) is 0 Å². The summed E-state index contributed by atoms with van der Waals surface area (Å²) >= 11 is 0. The molecule has 0 aromatic heterocycles. The van der Waals surface area contributed by atoms with E-state index in [9.17, 15) is 0 Å². The molecule has 0 aliphatic carbocycles. The van der Waals surface area contributed by atoms with Crippen LogP contribution in [-0.2, 0) is 9.47 Å². The van der Waals surface area contributed by atoms with Crippen molar-refractivity contribution in [1.29, 1.82) is 0 Å². The molecule has 4 heteroatoms. The first-order valence-corrected chi connectivity index (χ1v) is 6.37. The van der Waals surface area contributed by atoms with Crippen LogP contribution in [0.4, 0.5) is 0 Å². The van der Waals surface area contributed by atoms with E-state index in [1.165, 1.54) is 0 Å². The van der Waals surface area contributed by atoms with Gasteiger partial charge in [0.05, 0.1) is 13.2 Å². The molecule has 1 atom stereocenters. The highest BCUT2D eigenvalue weighted by molar-refractivity contribution is 4.78. The van der Waals surface area contributed by atoms with Crippen LogP contribution in [-0.4, -0.2) is 58.0 Å². The summed E-state index contributed by atoms with van der Waals surface area (Å²) in [6.07, 6.45) is 1.01. The van der Waals surface area contributed by atoms with Crippen LogP contribution in [0.5, 0.6) is 0 Å². The zero-order valence-electron chi connectivity index (χ0n) is 12.2. The highest BCUT2D eigenvalue weighted by atomic mass is 16.5. The molecule has 0 aromatic carbocycles. The van der Waals surface area contributed by atoms with Gasteiger partial charge in [-0.05, 0) is 18.4 Å². The fraction of sp³-hybridized carbons (Fsp3) is 1.00. The highest BCUT2D eigenvalue weighted by Gasteiger charge is 2.20. The summed E-state index contributed by atoms with van der Waals surface area (Å²) in [6.45, 7) is 11.0. The molecule has 1 unspecified atom stereocenters. The summed E-state index contributed by atoms with van der Waals surface area (Å²) in [5, 5.41) is 0. The van der Waals surface area contributed by atoms with E-state index in [1.54, 1.807) is 14.2 Å². The average molecular weight is 246 g/mol. The van der Waals surface area contributed by atoms with Gasteiger partial charge in [-0.15, -0.1) is 0 Å². The Bertz CT molecular complexity index is 173. The zero-order chi connectivity index (χ0) is 13.3. The lowest BCUT2D eigenvalue weighted by Crippen LogP contribution is -2.40. The quantitative estimate of drug-likeness (QED) is 0.667. The minimum absolute atomic E-state index is 0.175. The van der Waals surface area contributed by atoms with Crippen molar-refractivity contribution in [2.45, 2.75) is 33.2 Å². The number of nitrogens with zero attached hydrogens (tertiary/aromatic N) is 1. The average Bonchev–Trinajstić information content (AvgIpc) is 2.26. The maximum absolute atomic E-state index is 6.17.